The Kier molecular flexibility index (Phi) is 2.89. The molecule has 1 rings (SSSR count). The van der Waals surface area contributed by atoms with Gasteiger partial charge in [-0.05, 0) is 23.8 Å². The van der Waals surface area contributed by atoms with Gasteiger partial charge in [-0.3, -0.25) is 0 Å². The van der Waals surface area contributed by atoms with Gasteiger partial charge >= 0.3 is 0 Å². The first-order chi connectivity index (χ1) is 4.74. The fraction of sp³-hybridized carbons (Fsp3) is 0. The quantitative estimate of drug-likeness (QED) is 0.827. The third-order valence-corrected chi connectivity index (χ3v) is 2.31. The summed E-state index contributed by atoms with van der Waals surface area (Å²) in [7, 11) is 0. The number of halogens is 2. The lowest BCUT2D eigenvalue weighted by molar-refractivity contribution is 0.414. The van der Waals surface area contributed by atoms with Gasteiger partial charge in [0.1, 0.15) is 6.61 Å². The molecule has 1 N–H and O–H groups in total. The normalized spacial score (nSPS) is 9.90. The van der Waals surface area contributed by atoms with Gasteiger partial charge in [0.05, 0.1) is 0 Å². The molecule has 0 heterocycles. The number of hydrogen-bond acceptors (Lipinski definition) is 1. The van der Waals surface area contributed by atoms with Gasteiger partial charge < -0.3 is 5.11 Å². The zero-order chi connectivity index (χ0) is 7.56. The van der Waals surface area contributed by atoms with Crippen LogP contribution in [0, 0.1) is 6.61 Å². The summed E-state index contributed by atoms with van der Waals surface area (Å²) < 4.78 is 1.84. The molecule has 3 heteroatoms. The number of aliphatic hydroxyl groups excluding tert-OH is 1. The molecule has 0 unspecified atom stereocenters. The Bertz CT molecular complexity index is 235. The number of hydrogen-bond donors (Lipinski definition) is 1. The average molecular weight is 265 g/mol. The fourth-order valence-corrected chi connectivity index (χ4v) is 1.34. The van der Waals surface area contributed by atoms with Crippen molar-refractivity contribution in [3.05, 3.63) is 39.3 Å². The van der Waals surface area contributed by atoms with Crippen molar-refractivity contribution in [2.24, 2.45) is 0 Å². The van der Waals surface area contributed by atoms with E-state index < -0.39 is 0 Å². The van der Waals surface area contributed by atoms with Gasteiger partial charge in [0, 0.05) is 8.95 Å². The SMILES string of the molecule is O[CH]c1cc(Br)ccc1Br. The van der Waals surface area contributed by atoms with Crippen molar-refractivity contribution < 1.29 is 5.11 Å². The van der Waals surface area contributed by atoms with Gasteiger partial charge in [0.25, 0.3) is 0 Å². The van der Waals surface area contributed by atoms with Crippen molar-refractivity contribution in [3.63, 3.8) is 0 Å². The molecule has 1 aromatic rings. The Morgan fingerprint density at radius 1 is 1.30 bits per heavy atom. The van der Waals surface area contributed by atoms with Crippen LogP contribution in [0.5, 0.6) is 0 Å². The third-order valence-electron chi connectivity index (χ3n) is 1.10. The molecule has 0 saturated carbocycles. The molecule has 0 fully saturated rings. The van der Waals surface area contributed by atoms with Gasteiger partial charge in [0.15, 0.2) is 0 Å². The number of benzene rings is 1. The Hall–Kier alpha value is 0.140. The van der Waals surface area contributed by atoms with Crippen LogP contribution in [0.15, 0.2) is 27.1 Å². The molecule has 0 aromatic heterocycles. The van der Waals surface area contributed by atoms with Crippen molar-refractivity contribution in [2.45, 2.75) is 0 Å². The van der Waals surface area contributed by atoms with Crippen LogP contribution in [0.4, 0.5) is 0 Å². The standard InChI is InChI=1S/C7H5Br2O/c8-6-1-2-7(9)5(3-6)4-10/h1-4,10H. The lowest BCUT2D eigenvalue weighted by Gasteiger charge is -1.98. The molecule has 1 radical (unpaired) electrons. The van der Waals surface area contributed by atoms with Gasteiger partial charge in [-0.1, -0.05) is 31.9 Å². The van der Waals surface area contributed by atoms with Crippen LogP contribution in [-0.4, -0.2) is 5.11 Å². The van der Waals surface area contributed by atoms with Crippen molar-refractivity contribution in [1.82, 2.24) is 0 Å². The molecule has 0 spiro atoms. The smallest absolute Gasteiger partial charge is 0.110 e. The summed E-state index contributed by atoms with van der Waals surface area (Å²) in [5, 5.41) is 8.67. The molecule has 53 valence electrons. The summed E-state index contributed by atoms with van der Waals surface area (Å²) in [5.74, 6) is 0. The van der Waals surface area contributed by atoms with E-state index in [1.165, 1.54) is 0 Å². The van der Waals surface area contributed by atoms with E-state index >= 15 is 0 Å². The summed E-state index contributed by atoms with van der Waals surface area (Å²) in [6, 6.07) is 5.59. The van der Waals surface area contributed by atoms with Crippen LogP contribution in [-0.2, 0) is 0 Å². The predicted molar refractivity (Wildman–Crippen MR) is 47.2 cm³/mol. The second-order valence-corrected chi connectivity index (χ2v) is 3.56. The van der Waals surface area contributed by atoms with Crippen LogP contribution in [0.25, 0.3) is 0 Å². The lowest BCUT2D eigenvalue weighted by atomic mass is 10.2. The molecule has 0 bridgehead atoms. The summed E-state index contributed by atoms with van der Waals surface area (Å²) in [6.07, 6.45) is 0. The Balaban J connectivity index is 3.09. The van der Waals surface area contributed by atoms with E-state index in [0.717, 1.165) is 21.1 Å². The Labute approximate surface area is 76.3 Å². The van der Waals surface area contributed by atoms with Gasteiger partial charge in [-0.25, -0.2) is 0 Å². The Morgan fingerprint density at radius 2 is 2.00 bits per heavy atom. The van der Waals surface area contributed by atoms with E-state index in [1.807, 2.05) is 18.2 Å². The fourth-order valence-electron chi connectivity index (χ4n) is 0.614. The van der Waals surface area contributed by atoms with Crippen LogP contribution in [0.1, 0.15) is 5.56 Å². The molecule has 0 aliphatic carbocycles. The summed E-state index contributed by atoms with van der Waals surface area (Å²) in [5.41, 5.74) is 0.773. The van der Waals surface area contributed by atoms with Gasteiger partial charge in [0.2, 0.25) is 0 Å². The topological polar surface area (TPSA) is 20.2 Å². The van der Waals surface area contributed by atoms with Gasteiger partial charge in [-0.2, -0.15) is 0 Å². The molecule has 10 heavy (non-hydrogen) atoms. The molecule has 0 aliphatic rings. The van der Waals surface area contributed by atoms with E-state index in [2.05, 4.69) is 31.9 Å². The average Bonchev–Trinajstić information content (AvgIpc) is 1.94. The molecule has 1 nitrogen and oxygen atoms in total. The Morgan fingerprint density at radius 3 is 2.50 bits per heavy atom. The zero-order valence-electron chi connectivity index (χ0n) is 5.01. The maximum Gasteiger partial charge on any atom is 0.110 e. The second kappa shape index (κ2) is 3.51. The number of aliphatic hydroxyl groups is 1. The molecular formula is C7H5Br2O. The highest BCUT2D eigenvalue weighted by molar-refractivity contribution is 9.11. The highest BCUT2D eigenvalue weighted by Gasteiger charge is 1.97. The largest absolute Gasteiger partial charge is 0.385 e. The monoisotopic (exact) mass is 263 g/mol. The first-order valence-electron chi connectivity index (χ1n) is 2.66. The maximum atomic E-state index is 8.67. The molecule has 0 saturated heterocycles. The summed E-state index contributed by atoms with van der Waals surface area (Å²) in [6.45, 7) is 1.06. The van der Waals surface area contributed by atoms with Crippen molar-refractivity contribution >= 4 is 31.9 Å². The summed E-state index contributed by atoms with van der Waals surface area (Å²) >= 11 is 6.56. The van der Waals surface area contributed by atoms with Crippen LogP contribution in [0.2, 0.25) is 0 Å². The van der Waals surface area contributed by atoms with Crippen LogP contribution < -0.4 is 0 Å². The zero-order valence-corrected chi connectivity index (χ0v) is 8.18. The molecule has 0 atom stereocenters. The first-order valence-corrected chi connectivity index (χ1v) is 4.25. The lowest BCUT2D eigenvalue weighted by Crippen LogP contribution is -1.81. The molecule has 0 aliphatic heterocycles. The maximum absolute atomic E-state index is 8.67. The van der Waals surface area contributed by atoms with E-state index in [-0.39, 0.29) is 0 Å². The predicted octanol–water partition coefficient (Wildman–Crippen LogP) is 3.09. The van der Waals surface area contributed by atoms with E-state index in [4.69, 9.17) is 5.11 Å². The van der Waals surface area contributed by atoms with Crippen molar-refractivity contribution in [3.8, 4) is 0 Å². The van der Waals surface area contributed by atoms with Crippen molar-refractivity contribution in [2.75, 3.05) is 0 Å². The van der Waals surface area contributed by atoms with Gasteiger partial charge in [-0.15, -0.1) is 0 Å². The van der Waals surface area contributed by atoms with Crippen LogP contribution in [0.3, 0.4) is 0 Å². The van der Waals surface area contributed by atoms with Crippen LogP contribution >= 0.6 is 31.9 Å². The molecule has 1 aromatic carbocycles. The minimum atomic E-state index is 0.773. The van der Waals surface area contributed by atoms with E-state index in [0.29, 0.717) is 0 Å². The van der Waals surface area contributed by atoms with E-state index in [1.54, 1.807) is 0 Å². The highest BCUT2D eigenvalue weighted by atomic mass is 79.9. The summed E-state index contributed by atoms with van der Waals surface area (Å²) in [4.78, 5) is 0. The number of rotatable bonds is 1. The minimum absolute atomic E-state index is 0.773. The first kappa shape index (κ1) is 8.24. The third kappa shape index (κ3) is 1.81. The van der Waals surface area contributed by atoms with Crippen molar-refractivity contribution in [1.29, 1.82) is 0 Å². The molecular weight excluding hydrogens is 260 g/mol. The minimum Gasteiger partial charge on any atom is -0.385 e. The highest BCUT2D eigenvalue weighted by Crippen LogP contribution is 2.21. The second-order valence-electron chi connectivity index (χ2n) is 1.79. The van der Waals surface area contributed by atoms with E-state index in [9.17, 15) is 0 Å². The molecule has 0 amide bonds.